The number of benzene rings is 1. The molecular formula is C15H22O. The van der Waals surface area contributed by atoms with Crippen LogP contribution in [0.4, 0.5) is 0 Å². The number of rotatable bonds is 4. The van der Waals surface area contributed by atoms with E-state index in [0.717, 1.165) is 19.3 Å². The molecule has 0 spiro atoms. The van der Waals surface area contributed by atoms with Gasteiger partial charge >= 0.3 is 0 Å². The van der Waals surface area contributed by atoms with Crippen molar-refractivity contribution in [1.82, 2.24) is 0 Å². The summed E-state index contributed by atoms with van der Waals surface area (Å²) in [7, 11) is 0. The molecule has 1 fully saturated rings. The predicted octanol–water partition coefficient (Wildman–Crippen LogP) is 3.52. The van der Waals surface area contributed by atoms with Crippen molar-refractivity contribution in [2.75, 3.05) is 0 Å². The third kappa shape index (κ3) is 1.78. The fourth-order valence-corrected chi connectivity index (χ4v) is 2.85. The fourth-order valence-electron chi connectivity index (χ4n) is 2.85. The molecule has 0 amide bonds. The first-order valence-corrected chi connectivity index (χ1v) is 6.44. The molecule has 16 heavy (non-hydrogen) atoms. The largest absolute Gasteiger partial charge is 0.392 e. The van der Waals surface area contributed by atoms with Crippen LogP contribution in [0.5, 0.6) is 0 Å². The van der Waals surface area contributed by atoms with Crippen molar-refractivity contribution < 1.29 is 5.11 Å². The van der Waals surface area contributed by atoms with E-state index in [4.69, 9.17) is 0 Å². The van der Waals surface area contributed by atoms with Crippen LogP contribution in [0.3, 0.4) is 0 Å². The van der Waals surface area contributed by atoms with Crippen LogP contribution in [-0.2, 0) is 5.41 Å². The summed E-state index contributed by atoms with van der Waals surface area (Å²) < 4.78 is 0. The fraction of sp³-hybridized carbons (Fsp3) is 0.600. The minimum Gasteiger partial charge on any atom is -0.392 e. The summed E-state index contributed by atoms with van der Waals surface area (Å²) in [6, 6.07) is 10.6. The molecule has 1 aromatic rings. The van der Waals surface area contributed by atoms with E-state index in [1.807, 2.05) is 6.07 Å². The first kappa shape index (κ1) is 11.7. The molecule has 0 heterocycles. The molecule has 2 rings (SSSR count). The lowest BCUT2D eigenvalue weighted by atomic mass is 9.59. The third-order valence-electron chi connectivity index (χ3n) is 4.34. The number of aliphatic hydroxyl groups is 1. The molecule has 1 saturated carbocycles. The number of hydrogen-bond donors (Lipinski definition) is 1. The summed E-state index contributed by atoms with van der Waals surface area (Å²) in [6.07, 6.45) is 4.40. The van der Waals surface area contributed by atoms with Crippen LogP contribution in [0.15, 0.2) is 30.3 Å². The van der Waals surface area contributed by atoms with Crippen molar-refractivity contribution in [2.45, 2.75) is 51.0 Å². The van der Waals surface area contributed by atoms with E-state index in [1.165, 1.54) is 12.0 Å². The summed E-state index contributed by atoms with van der Waals surface area (Å²) >= 11 is 0. The molecule has 2 atom stereocenters. The Morgan fingerprint density at radius 1 is 1.25 bits per heavy atom. The molecule has 1 aliphatic carbocycles. The maximum absolute atomic E-state index is 10.5. The zero-order valence-corrected chi connectivity index (χ0v) is 10.3. The Bertz CT molecular complexity index is 327. The molecule has 2 unspecified atom stereocenters. The Labute approximate surface area is 98.5 Å². The maximum atomic E-state index is 10.5. The van der Waals surface area contributed by atoms with Crippen molar-refractivity contribution in [3.8, 4) is 0 Å². The van der Waals surface area contributed by atoms with Crippen molar-refractivity contribution in [2.24, 2.45) is 5.92 Å². The average Bonchev–Trinajstić information content (AvgIpc) is 2.28. The second-order valence-electron chi connectivity index (χ2n) is 5.21. The number of hydrogen-bond acceptors (Lipinski definition) is 1. The quantitative estimate of drug-likeness (QED) is 0.820. The monoisotopic (exact) mass is 218 g/mol. The van der Waals surface area contributed by atoms with E-state index in [2.05, 4.69) is 38.1 Å². The first-order valence-electron chi connectivity index (χ1n) is 6.44. The average molecular weight is 218 g/mol. The molecule has 1 aromatic carbocycles. The normalized spacial score (nSPS) is 22.2. The Balaban J connectivity index is 2.26. The highest BCUT2D eigenvalue weighted by Crippen LogP contribution is 2.48. The van der Waals surface area contributed by atoms with Gasteiger partial charge in [0.05, 0.1) is 6.10 Å². The van der Waals surface area contributed by atoms with E-state index in [-0.39, 0.29) is 11.5 Å². The van der Waals surface area contributed by atoms with Gasteiger partial charge in [-0.05, 0) is 24.3 Å². The van der Waals surface area contributed by atoms with Gasteiger partial charge in [-0.3, -0.25) is 0 Å². The van der Waals surface area contributed by atoms with E-state index >= 15 is 0 Å². The highest BCUT2D eigenvalue weighted by molar-refractivity contribution is 5.30. The van der Waals surface area contributed by atoms with Crippen molar-refractivity contribution in [1.29, 1.82) is 0 Å². The molecule has 88 valence electrons. The van der Waals surface area contributed by atoms with Gasteiger partial charge in [0.15, 0.2) is 0 Å². The second-order valence-corrected chi connectivity index (χ2v) is 5.21. The molecule has 0 aliphatic heterocycles. The van der Waals surface area contributed by atoms with Crippen LogP contribution < -0.4 is 0 Å². The zero-order chi connectivity index (χ0) is 11.6. The van der Waals surface area contributed by atoms with Gasteiger partial charge in [0.25, 0.3) is 0 Å². The second kappa shape index (κ2) is 4.58. The van der Waals surface area contributed by atoms with Gasteiger partial charge in [0.1, 0.15) is 0 Å². The topological polar surface area (TPSA) is 20.2 Å². The molecule has 1 N–H and O–H groups in total. The van der Waals surface area contributed by atoms with E-state index in [1.54, 1.807) is 0 Å². The first-order chi connectivity index (χ1) is 7.70. The Kier molecular flexibility index (Phi) is 3.34. The Hall–Kier alpha value is -0.820. The van der Waals surface area contributed by atoms with Gasteiger partial charge in [0.2, 0.25) is 0 Å². The van der Waals surface area contributed by atoms with Gasteiger partial charge in [-0.2, -0.15) is 0 Å². The van der Waals surface area contributed by atoms with Gasteiger partial charge in [-0.25, -0.2) is 0 Å². The third-order valence-corrected chi connectivity index (χ3v) is 4.34. The zero-order valence-electron chi connectivity index (χ0n) is 10.3. The smallest absolute Gasteiger partial charge is 0.0662 e. The molecule has 0 saturated heterocycles. The van der Waals surface area contributed by atoms with E-state index in [9.17, 15) is 5.11 Å². The van der Waals surface area contributed by atoms with Crippen molar-refractivity contribution in [3.05, 3.63) is 35.9 Å². The lowest BCUT2D eigenvalue weighted by molar-refractivity contribution is -0.00995. The highest BCUT2D eigenvalue weighted by Gasteiger charge is 2.46. The standard InChI is InChI=1S/C15H22O/c1-3-12(2)14(16)15(10-7-11-15)13-8-5-4-6-9-13/h4-6,8-9,12,14,16H,3,7,10-11H2,1-2H3. The number of aliphatic hydroxyl groups excluding tert-OH is 1. The molecule has 0 aromatic heterocycles. The van der Waals surface area contributed by atoms with Crippen LogP contribution in [-0.4, -0.2) is 11.2 Å². The summed E-state index contributed by atoms with van der Waals surface area (Å²) in [5.74, 6) is 0.389. The minimum absolute atomic E-state index is 0.0523. The summed E-state index contributed by atoms with van der Waals surface area (Å²) in [5.41, 5.74) is 1.38. The highest BCUT2D eigenvalue weighted by atomic mass is 16.3. The Morgan fingerprint density at radius 3 is 2.31 bits per heavy atom. The lowest BCUT2D eigenvalue weighted by Gasteiger charge is -2.48. The van der Waals surface area contributed by atoms with Gasteiger partial charge < -0.3 is 5.11 Å². The lowest BCUT2D eigenvalue weighted by Crippen LogP contribution is -2.48. The molecule has 1 heteroatoms. The van der Waals surface area contributed by atoms with E-state index in [0.29, 0.717) is 5.92 Å². The summed E-state index contributed by atoms with van der Waals surface area (Å²) in [6.45, 7) is 4.32. The molecule has 1 nitrogen and oxygen atoms in total. The van der Waals surface area contributed by atoms with Crippen molar-refractivity contribution >= 4 is 0 Å². The maximum Gasteiger partial charge on any atom is 0.0662 e. The van der Waals surface area contributed by atoms with Crippen LogP contribution in [0.1, 0.15) is 45.1 Å². The summed E-state index contributed by atoms with van der Waals surface area (Å²) in [4.78, 5) is 0. The van der Waals surface area contributed by atoms with Gasteiger partial charge in [-0.1, -0.05) is 57.0 Å². The van der Waals surface area contributed by atoms with Crippen LogP contribution in [0.2, 0.25) is 0 Å². The SMILES string of the molecule is CCC(C)C(O)C1(c2ccccc2)CCC1. The summed E-state index contributed by atoms with van der Waals surface area (Å²) in [5, 5.41) is 10.5. The van der Waals surface area contributed by atoms with Crippen LogP contribution in [0, 0.1) is 5.92 Å². The van der Waals surface area contributed by atoms with Gasteiger partial charge in [-0.15, -0.1) is 0 Å². The van der Waals surface area contributed by atoms with Crippen LogP contribution >= 0.6 is 0 Å². The molecule has 0 radical (unpaired) electrons. The van der Waals surface area contributed by atoms with Crippen molar-refractivity contribution in [3.63, 3.8) is 0 Å². The molecule has 1 aliphatic rings. The minimum atomic E-state index is -0.186. The molecule has 0 bridgehead atoms. The van der Waals surface area contributed by atoms with Crippen LogP contribution in [0.25, 0.3) is 0 Å². The Morgan fingerprint density at radius 2 is 1.88 bits per heavy atom. The van der Waals surface area contributed by atoms with Gasteiger partial charge in [0, 0.05) is 5.41 Å². The molecular weight excluding hydrogens is 196 g/mol. The van der Waals surface area contributed by atoms with E-state index < -0.39 is 0 Å². The predicted molar refractivity (Wildman–Crippen MR) is 67.4 cm³/mol.